The summed E-state index contributed by atoms with van der Waals surface area (Å²) in [7, 11) is 0. The largest absolute Gasteiger partial charge is 0.389 e. The lowest BCUT2D eigenvalue weighted by Crippen LogP contribution is -2.46. The SMILES string of the molecule is CC(C)(C)C1(O)CCP(C)(=S)CC1. The van der Waals surface area contributed by atoms with Crippen LogP contribution in [0.3, 0.4) is 0 Å². The molecule has 0 saturated carbocycles. The Balaban J connectivity index is 2.73. The smallest absolute Gasteiger partial charge is 0.0703 e. The second kappa shape index (κ2) is 3.32. The molecule has 78 valence electrons. The van der Waals surface area contributed by atoms with Gasteiger partial charge < -0.3 is 5.11 Å². The van der Waals surface area contributed by atoms with Crippen LogP contribution in [0, 0.1) is 5.41 Å². The van der Waals surface area contributed by atoms with Gasteiger partial charge >= 0.3 is 0 Å². The molecule has 0 spiro atoms. The highest BCUT2D eigenvalue weighted by molar-refractivity contribution is 8.14. The van der Waals surface area contributed by atoms with Crippen LogP contribution in [0.4, 0.5) is 0 Å². The van der Waals surface area contributed by atoms with Crippen LogP contribution in [0.1, 0.15) is 33.6 Å². The minimum absolute atomic E-state index is 0.00273. The first-order valence-corrected chi connectivity index (χ1v) is 8.56. The summed E-state index contributed by atoms with van der Waals surface area (Å²) in [5, 5.41) is 10.4. The molecule has 0 bridgehead atoms. The van der Waals surface area contributed by atoms with Crippen molar-refractivity contribution in [2.24, 2.45) is 5.41 Å². The number of hydrogen-bond acceptors (Lipinski definition) is 2. The first-order chi connectivity index (χ1) is 5.66. The van der Waals surface area contributed by atoms with Gasteiger partial charge in [-0.2, -0.15) is 0 Å². The van der Waals surface area contributed by atoms with Gasteiger partial charge in [0.2, 0.25) is 0 Å². The van der Waals surface area contributed by atoms with Crippen molar-refractivity contribution in [2.75, 3.05) is 19.0 Å². The van der Waals surface area contributed by atoms with Crippen LogP contribution in [-0.4, -0.2) is 29.7 Å². The van der Waals surface area contributed by atoms with Crippen molar-refractivity contribution in [3.63, 3.8) is 0 Å². The summed E-state index contributed by atoms with van der Waals surface area (Å²) in [6.45, 7) is 8.59. The van der Waals surface area contributed by atoms with Crippen LogP contribution >= 0.6 is 6.04 Å². The Kier molecular flexibility index (Phi) is 2.99. The van der Waals surface area contributed by atoms with E-state index in [1.807, 2.05) is 0 Å². The zero-order valence-electron chi connectivity index (χ0n) is 9.13. The van der Waals surface area contributed by atoms with Crippen molar-refractivity contribution >= 4 is 17.8 Å². The van der Waals surface area contributed by atoms with Gasteiger partial charge in [-0.1, -0.05) is 32.6 Å². The van der Waals surface area contributed by atoms with E-state index < -0.39 is 11.6 Å². The molecule has 1 aliphatic rings. The predicted molar refractivity (Wildman–Crippen MR) is 63.6 cm³/mol. The summed E-state index contributed by atoms with van der Waals surface area (Å²) in [6.07, 6.45) is 3.97. The summed E-state index contributed by atoms with van der Waals surface area (Å²) < 4.78 is 0. The molecule has 0 radical (unpaired) electrons. The molecule has 1 heterocycles. The molecule has 13 heavy (non-hydrogen) atoms. The quantitative estimate of drug-likeness (QED) is 0.633. The molecule has 0 aromatic carbocycles. The predicted octanol–water partition coefficient (Wildman–Crippen LogP) is 2.67. The minimum atomic E-state index is -1.06. The molecule has 0 aliphatic carbocycles. The molecule has 1 rings (SSSR count). The lowest BCUT2D eigenvalue weighted by Gasteiger charge is -2.45. The third-order valence-electron chi connectivity index (χ3n) is 3.39. The van der Waals surface area contributed by atoms with E-state index >= 15 is 0 Å². The summed E-state index contributed by atoms with van der Waals surface area (Å²) in [6, 6.07) is -1.06. The fourth-order valence-corrected chi connectivity index (χ4v) is 4.29. The molecule has 3 heteroatoms. The standard InChI is InChI=1S/C10H21OPS/c1-9(2,3)10(11)5-7-12(4,13)8-6-10/h11H,5-8H2,1-4H3. The van der Waals surface area contributed by atoms with Gasteiger partial charge in [0.05, 0.1) is 5.60 Å². The van der Waals surface area contributed by atoms with Crippen LogP contribution in [0.15, 0.2) is 0 Å². The van der Waals surface area contributed by atoms with Gasteiger partial charge in [0, 0.05) is 0 Å². The maximum Gasteiger partial charge on any atom is 0.0703 e. The lowest BCUT2D eigenvalue weighted by atomic mass is 9.73. The van der Waals surface area contributed by atoms with Gasteiger partial charge in [0.1, 0.15) is 0 Å². The Labute approximate surface area is 86.9 Å². The molecule has 0 atom stereocenters. The third-order valence-corrected chi connectivity index (χ3v) is 6.83. The van der Waals surface area contributed by atoms with Crippen LogP contribution in [0.25, 0.3) is 0 Å². The van der Waals surface area contributed by atoms with Gasteiger partial charge in [0.15, 0.2) is 0 Å². The molecular formula is C10H21OPS. The molecular weight excluding hydrogens is 199 g/mol. The van der Waals surface area contributed by atoms with Crippen molar-refractivity contribution in [3.8, 4) is 0 Å². The van der Waals surface area contributed by atoms with Crippen LogP contribution < -0.4 is 0 Å². The van der Waals surface area contributed by atoms with Crippen LogP contribution in [0.5, 0.6) is 0 Å². The fourth-order valence-electron chi connectivity index (χ4n) is 1.83. The Morgan fingerprint density at radius 3 is 1.92 bits per heavy atom. The summed E-state index contributed by atoms with van der Waals surface area (Å²) in [4.78, 5) is 0. The van der Waals surface area contributed by atoms with Gasteiger partial charge in [-0.3, -0.25) is 0 Å². The van der Waals surface area contributed by atoms with E-state index in [1.165, 1.54) is 0 Å². The monoisotopic (exact) mass is 220 g/mol. The summed E-state index contributed by atoms with van der Waals surface area (Å²) >= 11 is 5.52. The fraction of sp³-hybridized carbons (Fsp3) is 1.00. The van der Waals surface area contributed by atoms with Gasteiger partial charge in [-0.05, 0) is 43.3 Å². The van der Waals surface area contributed by atoms with Gasteiger partial charge in [-0.15, -0.1) is 0 Å². The van der Waals surface area contributed by atoms with Crippen LogP contribution in [-0.2, 0) is 11.8 Å². The molecule has 1 nitrogen and oxygen atoms in total. The van der Waals surface area contributed by atoms with E-state index in [0.29, 0.717) is 0 Å². The van der Waals surface area contributed by atoms with E-state index in [4.69, 9.17) is 11.8 Å². The van der Waals surface area contributed by atoms with Crippen molar-refractivity contribution < 1.29 is 5.11 Å². The van der Waals surface area contributed by atoms with E-state index in [9.17, 15) is 5.11 Å². The van der Waals surface area contributed by atoms with Gasteiger partial charge in [-0.25, -0.2) is 0 Å². The zero-order valence-corrected chi connectivity index (χ0v) is 10.8. The highest BCUT2D eigenvalue weighted by Gasteiger charge is 2.43. The number of rotatable bonds is 0. The second-order valence-electron chi connectivity index (χ2n) is 5.53. The lowest BCUT2D eigenvalue weighted by molar-refractivity contribution is -0.0646. The van der Waals surface area contributed by atoms with Crippen molar-refractivity contribution in [1.82, 2.24) is 0 Å². The first kappa shape index (κ1) is 11.7. The van der Waals surface area contributed by atoms with E-state index in [2.05, 4.69) is 27.4 Å². The van der Waals surface area contributed by atoms with E-state index in [-0.39, 0.29) is 5.41 Å². The molecule has 0 amide bonds. The molecule has 0 aromatic rings. The number of aliphatic hydroxyl groups is 1. The molecule has 0 aromatic heterocycles. The number of hydrogen-bond donors (Lipinski definition) is 1. The normalized spacial score (nSPS) is 41.9. The Morgan fingerprint density at radius 1 is 1.23 bits per heavy atom. The summed E-state index contributed by atoms with van der Waals surface area (Å²) in [5.74, 6) is 0. The molecule has 1 fully saturated rings. The highest BCUT2D eigenvalue weighted by atomic mass is 32.4. The molecule has 1 saturated heterocycles. The summed E-state index contributed by atoms with van der Waals surface area (Å²) in [5.41, 5.74) is -0.464. The zero-order chi connectivity index (χ0) is 10.3. The maximum absolute atomic E-state index is 10.4. The average molecular weight is 220 g/mol. The Hall–Kier alpha value is 0.610. The Bertz CT molecular complexity index is 230. The maximum atomic E-state index is 10.4. The molecule has 1 N–H and O–H groups in total. The van der Waals surface area contributed by atoms with Crippen molar-refractivity contribution in [2.45, 2.75) is 39.2 Å². The van der Waals surface area contributed by atoms with E-state index in [0.717, 1.165) is 25.2 Å². The first-order valence-electron chi connectivity index (χ1n) is 4.94. The minimum Gasteiger partial charge on any atom is -0.389 e. The van der Waals surface area contributed by atoms with Crippen molar-refractivity contribution in [1.29, 1.82) is 0 Å². The average Bonchev–Trinajstić information content (AvgIpc) is 1.94. The van der Waals surface area contributed by atoms with Crippen molar-refractivity contribution in [3.05, 3.63) is 0 Å². The third kappa shape index (κ3) is 2.55. The Morgan fingerprint density at radius 2 is 1.62 bits per heavy atom. The molecule has 0 unspecified atom stereocenters. The topological polar surface area (TPSA) is 20.2 Å². The van der Waals surface area contributed by atoms with Gasteiger partial charge in [0.25, 0.3) is 0 Å². The highest BCUT2D eigenvalue weighted by Crippen LogP contribution is 2.53. The second-order valence-corrected chi connectivity index (χ2v) is 11.7. The molecule has 1 aliphatic heterocycles. The van der Waals surface area contributed by atoms with E-state index in [1.54, 1.807) is 0 Å². The van der Waals surface area contributed by atoms with Crippen LogP contribution in [0.2, 0.25) is 0 Å².